The van der Waals surface area contributed by atoms with Gasteiger partial charge in [0.25, 0.3) is 5.91 Å². The summed E-state index contributed by atoms with van der Waals surface area (Å²) in [6.45, 7) is 0.501. The highest BCUT2D eigenvalue weighted by atomic mass is 35.5. The molecule has 1 heterocycles. The number of carbonyl (C=O) groups excluding carboxylic acids is 1. The molecule has 26 heavy (non-hydrogen) atoms. The fraction of sp³-hybridized carbons (Fsp3) is 0.200. The summed E-state index contributed by atoms with van der Waals surface area (Å²) in [4.78, 5) is 14.6. The van der Waals surface area contributed by atoms with Crippen LogP contribution < -0.4 is 5.32 Å². The molecule has 1 unspecified atom stereocenters. The van der Waals surface area contributed by atoms with E-state index < -0.39 is 0 Å². The van der Waals surface area contributed by atoms with E-state index in [-0.39, 0.29) is 11.9 Å². The van der Waals surface area contributed by atoms with Crippen molar-refractivity contribution in [3.63, 3.8) is 0 Å². The van der Waals surface area contributed by atoms with Crippen LogP contribution in [0, 0.1) is 0 Å². The van der Waals surface area contributed by atoms with Gasteiger partial charge in [-0.1, -0.05) is 54.1 Å². The van der Waals surface area contributed by atoms with Crippen molar-refractivity contribution in [1.29, 1.82) is 0 Å². The molecule has 6 heteroatoms. The number of carbonyl (C=O) groups is 1. The number of aromatic amines is 1. The van der Waals surface area contributed by atoms with Crippen molar-refractivity contribution in [3.05, 3.63) is 76.9 Å². The van der Waals surface area contributed by atoms with E-state index in [1.54, 1.807) is 12.1 Å². The summed E-state index contributed by atoms with van der Waals surface area (Å²) in [5.74, 6) is -0.187. The minimum atomic E-state index is -0.187. The molecule has 1 atom stereocenters. The molecule has 0 radical (unpaired) electrons. The summed E-state index contributed by atoms with van der Waals surface area (Å²) in [5.41, 5.74) is 3.13. The molecule has 1 aromatic heterocycles. The minimum absolute atomic E-state index is 0.0930. The predicted octanol–water partition coefficient (Wildman–Crippen LogP) is 3.76. The Bertz CT molecular complexity index is 876. The van der Waals surface area contributed by atoms with Gasteiger partial charge in [0.05, 0.1) is 11.7 Å². The zero-order chi connectivity index (χ0) is 18.5. The number of likely N-dealkylation sites (N-methyl/N-ethyl adjacent to an activating group) is 1. The second-order valence-corrected chi connectivity index (χ2v) is 6.71. The van der Waals surface area contributed by atoms with Crippen LogP contribution in [0.2, 0.25) is 5.02 Å². The van der Waals surface area contributed by atoms with Crippen LogP contribution >= 0.6 is 11.6 Å². The van der Waals surface area contributed by atoms with Crippen LogP contribution in [0.4, 0.5) is 0 Å². The van der Waals surface area contributed by atoms with Gasteiger partial charge in [-0.05, 0) is 37.9 Å². The number of hydrogen-bond donors (Lipinski definition) is 2. The molecule has 0 fully saturated rings. The van der Waals surface area contributed by atoms with Gasteiger partial charge in [-0.25, -0.2) is 0 Å². The largest absolute Gasteiger partial charge is 0.349 e. The Morgan fingerprint density at radius 2 is 1.92 bits per heavy atom. The number of H-pyrrole nitrogens is 1. The van der Waals surface area contributed by atoms with Gasteiger partial charge >= 0.3 is 0 Å². The second-order valence-electron chi connectivity index (χ2n) is 6.28. The van der Waals surface area contributed by atoms with Crippen molar-refractivity contribution in [2.45, 2.75) is 6.04 Å². The molecular weight excluding hydrogens is 348 g/mol. The third kappa shape index (κ3) is 4.31. The average Bonchev–Trinajstić information content (AvgIpc) is 3.13. The van der Waals surface area contributed by atoms with E-state index >= 15 is 0 Å². The standard InChI is InChI=1S/C20H21ClN4O/c1-25(2)19(14-7-4-3-5-8-14)13-22-20(26)18-12-17(23-24-18)15-9-6-10-16(21)11-15/h3-12,19H,13H2,1-2H3,(H,22,26)(H,23,24). The van der Waals surface area contributed by atoms with Gasteiger partial charge < -0.3 is 10.2 Å². The van der Waals surface area contributed by atoms with E-state index in [0.717, 1.165) is 11.1 Å². The molecule has 0 aliphatic rings. The lowest BCUT2D eigenvalue weighted by Crippen LogP contribution is -2.34. The molecule has 0 bridgehead atoms. The number of rotatable bonds is 6. The third-order valence-corrected chi connectivity index (χ3v) is 4.44. The summed E-state index contributed by atoms with van der Waals surface area (Å²) >= 11 is 6.01. The Labute approximate surface area is 158 Å². The number of amides is 1. The van der Waals surface area contributed by atoms with Crippen LogP contribution in [0.5, 0.6) is 0 Å². The Morgan fingerprint density at radius 1 is 1.15 bits per heavy atom. The lowest BCUT2D eigenvalue weighted by Gasteiger charge is -2.25. The van der Waals surface area contributed by atoms with Crippen LogP contribution in [-0.4, -0.2) is 41.6 Å². The summed E-state index contributed by atoms with van der Waals surface area (Å²) in [5, 5.41) is 10.6. The van der Waals surface area contributed by atoms with Gasteiger partial charge in [0.1, 0.15) is 5.69 Å². The van der Waals surface area contributed by atoms with Crippen molar-refractivity contribution < 1.29 is 4.79 Å². The maximum Gasteiger partial charge on any atom is 0.269 e. The lowest BCUT2D eigenvalue weighted by molar-refractivity contribution is 0.0937. The molecule has 3 rings (SSSR count). The van der Waals surface area contributed by atoms with Crippen LogP contribution in [0.25, 0.3) is 11.3 Å². The summed E-state index contributed by atoms with van der Waals surface area (Å²) in [7, 11) is 3.99. The van der Waals surface area contributed by atoms with Gasteiger partial charge in [0, 0.05) is 17.1 Å². The Hall–Kier alpha value is -2.63. The lowest BCUT2D eigenvalue weighted by atomic mass is 10.1. The first-order chi connectivity index (χ1) is 12.5. The maximum atomic E-state index is 12.5. The van der Waals surface area contributed by atoms with Gasteiger partial charge in [0.2, 0.25) is 0 Å². The molecule has 5 nitrogen and oxygen atoms in total. The first-order valence-electron chi connectivity index (χ1n) is 8.35. The predicted molar refractivity (Wildman–Crippen MR) is 104 cm³/mol. The van der Waals surface area contributed by atoms with E-state index in [4.69, 9.17) is 11.6 Å². The topological polar surface area (TPSA) is 61.0 Å². The van der Waals surface area contributed by atoms with E-state index in [2.05, 4.69) is 32.5 Å². The number of benzene rings is 2. The fourth-order valence-corrected chi connectivity index (χ4v) is 2.98. The van der Waals surface area contributed by atoms with E-state index in [1.807, 2.05) is 50.5 Å². The molecule has 0 spiro atoms. The normalized spacial score (nSPS) is 12.2. The zero-order valence-corrected chi connectivity index (χ0v) is 15.5. The number of hydrogen-bond acceptors (Lipinski definition) is 3. The highest BCUT2D eigenvalue weighted by Crippen LogP contribution is 2.21. The van der Waals surface area contributed by atoms with Crippen LogP contribution in [0.1, 0.15) is 22.1 Å². The van der Waals surface area contributed by atoms with Gasteiger partial charge in [-0.2, -0.15) is 5.10 Å². The highest BCUT2D eigenvalue weighted by Gasteiger charge is 2.17. The van der Waals surface area contributed by atoms with Crippen LogP contribution in [0.3, 0.4) is 0 Å². The number of nitrogens with one attached hydrogen (secondary N) is 2. The minimum Gasteiger partial charge on any atom is -0.349 e. The SMILES string of the molecule is CN(C)C(CNC(=O)c1cc(-c2cccc(Cl)c2)n[nH]1)c1ccccc1. The fourth-order valence-electron chi connectivity index (χ4n) is 2.79. The smallest absolute Gasteiger partial charge is 0.269 e. The summed E-state index contributed by atoms with van der Waals surface area (Å²) in [6, 6.07) is 19.3. The Morgan fingerprint density at radius 3 is 2.62 bits per heavy atom. The average molecular weight is 369 g/mol. The molecule has 0 saturated heterocycles. The first kappa shape index (κ1) is 18.2. The third-order valence-electron chi connectivity index (χ3n) is 4.21. The summed E-state index contributed by atoms with van der Waals surface area (Å²) < 4.78 is 0. The molecule has 2 aromatic carbocycles. The van der Waals surface area contributed by atoms with Gasteiger partial charge in [-0.15, -0.1) is 0 Å². The number of nitrogens with zero attached hydrogens (tertiary/aromatic N) is 2. The van der Waals surface area contributed by atoms with Crippen LogP contribution in [0.15, 0.2) is 60.7 Å². The molecule has 3 aromatic rings. The Balaban J connectivity index is 1.68. The van der Waals surface area contributed by atoms with Gasteiger partial charge in [-0.3, -0.25) is 9.89 Å². The van der Waals surface area contributed by atoms with Crippen LogP contribution in [-0.2, 0) is 0 Å². The van der Waals surface area contributed by atoms with Gasteiger partial charge in [0.15, 0.2) is 0 Å². The summed E-state index contributed by atoms with van der Waals surface area (Å²) in [6.07, 6.45) is 0. The van der Waals surface area contributed by atoms with E-state index in [9.17, 15) is 4.79 Å². The molecule has 2 N–H and O–H groups in total. The van der Waals surface area contributed by atoms with Crippen molar-refractivity contribution in [2.24, 2.45) is 0 Å². The second kappa shape index (κ2) is 8.17. The number of aromatic nitrogens is 2. The first-order valence-corrected chi connectivity index (χ1v) is 8.73. The molecule has 0 saturated carbocycles. The molecule has 0 aliphatic heterocycles. The quantitative estimate of drug-likeness (QED) is 0.696. The highest BCUT2D eigenvalue weighted by molar-refractivity contribution is 6.30. The van der Waals surface area contributed by atoms with Crippen molar-refractivity contribution in [2.75, 3.05) is 20.6 Å². The number of halogens is 1. The monoisotopic (exact) mass is 368 g/mol. The van der Waals surface area contributed by atoms with Crippen molar-refractivity contribution in [3.8, 4) is 11.3 Å². The van der Waals surface area contributed by atoms with E-state index in [0.29, 0.717) is 23.0 Å². The van der Waals surface area contributed by atoms with Crippen molar-refractivity contribution in [1.82, 2.24) is 20.4 Å². The molecule has 0 aliphatic carbocycles. The van der Waals surface area contributed by atoms with Crippen molar-refractivity contribution >= 4 is 17.5 Å². The zero-order valence-electron chi connectivity index (χ0n) is 14.7. The molecular formula is C20H21ClN4O. The Kier molecular flexibility index (Phi) is 5.71. The molecule has 1 amide bonds. The molecule has 134 valence electrons. The maximum absolute atomic E-state index is 12.5. The van der Waals surface area contributed by atoms with E-state index in [1.165, 1.54) is 0 Å².